The van der Waals surface area contributed by atoms with Crippen LogP contribution in [0.3, 0.4) is 0 Å². The molecule has 1 atom stereocenters. The highest BCUT2D eigenvalue weighted by Gasteiger charge is 2.10. The van der Waals surface area contributed by atoms with Crippen LogP contribution in [-0.2, 0) is 11.2 Å². The quantitative estimate of drug-likeness (QED) is 0.901. The third-order valence-corrected chi connectivity index (χ3v) is 3.52. The van der Waals surface area contributed by atoms with Gasteiger partial charge in [0.1, 0.15) is 5.82 Å². The van der Waals surface area contributed by atoms with E-state index in [2.05, 4.69) is 5.32 Å². The van der Waals surface area contributed by atoms with E-state index < -0.39 is 0 Å². The molecule has 0 fully saturated rings. The first-order chi connectivity index (χ1) is 8.65. The Kier molecular flexibility index (Phi) is 4.10. The number of rotatable bonds is 4. The minimum atomic E-state index is -0.285. The molecule has 2 aromatic rings. The molecule has 94 valence electrons. The maximum atomic E-state index is 13.1. The van der Waals surface area contributed by atoms with E-state index in [1.807, 2.05) is 24.4 Å². The minimum absolute atomic E-state index is 0.0470. The van der Waals surface area contributed by atoms with Crippen molar-refractivity contribution < 1.29 is 9.18 Å². The smallest absolute Gasteiger partial charge is 0.225 e. The summed E-state index contributed by atoms with van der Waals surface area (Å²) in [4.78, 5) is 12.8. The van der Waals surface area contributed by atoms with Crippen LogP contribution in [0.5, 0.6) is 0 Å². The highest BCUT2D eigenvalue weighted by atomic mass is 32.1. The van der Waals surface area contributed by atoms with Crippen molar-refractivity contribution in [1.29, 1.82) is 0 Å². The monoisotopic (exact) mass is 263 g/mol. The van der Waals surface area contributed by atoms with Gasteiger partial charge < -0.3 is 5.32 Å². The van der Waals surface area contributed by atoms with E-state index in [9.17, 15) is 9.18 Å². The molecule has 0 radical (unpaired) electrons. The van der Waals surface area contributed by atoms with Gasteiger partial charge in [-0.3, -0.25) is 4.79 Å². The predicted molar refractivity (Wildman–Crippen MR) is 71.0 cm³/mol. The van der Waals surface area contributed by atoms with Gasteiger partial charge in [-0.1, -0.05) is 18.2 Å². The molecule has 0 saturated carbocycles. The van der Waals surface area contributed by atoms with Crippen molar-refractivity contribution in [3.05, 3.63) is 58.0 Å². The molecule has 0 spiro atoms. The standard InChI is InChI=1S/C14H14FNOS/c1-10(11-4-2-5-12(15)8-11)16-14(17)9-13-6-3-7-18-13/h2-8,10H,9H2,1H3,(H,16,17)/t10-/m0/s1. The van der Waals surface area contributed by atoms with E-state index in [0.29, 0.717) is 6.42 Å². The first-order valence-corrected chi connectivity index (χ1v) is 6.60. The number of amides is 1. The molecule has 0 saturated heterocycles. The summed E-state index contributed by atoms with van der Waals surface area (Å²) in [6.45, 7) is 1.85. The average Bonchev–Trinajstić information content (AvgIpc) is 2.81. The summed E-state index contributed by atoms with van der Waals surface area (Å²) in [6.07, 6.45) is 0.372. The van der Waals surface area contributed by atoms with E-state index in [-0.39, 0.29) is 17.8 Å². The lowest BCUT2D eigenvalue weighted by Gasteiger charge is -2.14. The Morgan fingerprint density at radius 1 is 1.39 bits per heavy atom. The third kappa shape index (κ3) is 3.40. The number of nitrogens with one attached hydrogen (secondary N) is 1. The van der Waals surface area contributed by atoms with Gasteiger partial charge in [-0.25, -0.2) is 4.39 Å². The maximum Gasteiger partial charge on any atom is 0.225 e. The Labute approximate surface area is 109 Å². The molecule has 1 aromatic carbocycles. The molecule has 1 N–H and O–H groups in total. The van der Waals surface area contributed by atoms with Gasteiger partial charge in [0, 0.05) is 4.88 Å². The Balaban J connectivity index is 1.95. The number of carbonyl (C=O) groups excluding carboxylic acids is 1. The third-order valence-electron chi connectivity index (χ3n) is 2.64. The molecule has 0 bridgehead atoms. The van der Waals surface area contributed by atoms with E-state index >= 15 is 0 Å². The number of carbonyl (C=O) groups is 1. The summed E-state index contributed by atoms with van der Waals surface area (Å²) in [6, 6.07) is 9.94. The highest BCUT2D eigenvalue weighted by Crippen LogP contribution is 2.14. The lowest BCUT2D eigenvalue weighted by atomic mass is 10.1. The zero-order valence-corrected chi connectivity index (χ0v) is 10.8. The Morgan fingerprint density at radius 2 is 2.22 bits per heavy atom. The normalized spacial score (nSPS) is 12.1. The van der Waals surface area contributed by atoms with Crippen molar-refractivity contribution in [3.63, 3.8) is 0 Å². The van der Waals surface area contributed by atoms with Crippen LogP contribution in [-0.4, -0.2) is 5.91 Å². The van der Waals surface area contributed by atoms with E-state index in [1.54, 1.807) is 23.5 Å². The number of benzene rings is 1. The Morgan fingerprint density at radius 3 is 2.89 bits per heavy atom. The summed E-state index contributed by atoms with van der Waals surface area (Å²) < 4.78 is 13.1. The summed E-state index contributed by atoms with van der Waals surface area (Å²) >= 11 is 1.56. The zero-order chi connectivity index (χ0) is 13.0. The minimum Gasteiger partial charge on any atom is -0.349 e. The van der Waals surface area contributed by atoms with Crippen molar-refractivity contribution >= 4 is 17.2 Å². The molecule has 0 aliphatic carbocycles. The number of hydrogen-bond acceptors (Lipinski definition) is 2. The lowest BCUT2D eigenvalue weighted by molar-refractivity contribution is -0.121. The second-order valence-corrected chi connectivity index (χ2v) is 5.13. The topological polar surface area (TPSA) is 29.1 Å². The van der Waals surface area contributed by atoms with Crippen LogP contribution >= 0.6 is 11.3 Å². The molecule has 18 heavy (non-hydrogen) atoms. The van der Waals surface area contributed by atoms with Gasteiger partial charge in [0.25, 0.3) is 0 Å². The van der Waals surface area contributed by atoms with Crippen LogP contribution in [0.4, 0.5) is 4.39 Å². The summed E-state index contributed by atoms with van der Waals surface area (Å²) in [5.74, 6) is -0.332. The second-order valence-electron chi connectivity index (χ2n) is 4.10. The largest absolute Gasteiger partial charge is 0.349 e. The molecule has 2 nitrogen and oxygen atoms in total. The maximum absolute atomic E-state index is 13.1. The summed E-state index contributed by atoms with van der Waals surface area (Å²) in [5, 5.41) is 4.81. The lowest BCUT2D eigenvalue weighted by Crippen LogP contribution is -2.27. The van der Waals surface area contributed by atoms with Crippen molar-refractivity contribution in [1.82, 2.24) is 5.32 Å². The van der Waals surface area contributed by atoms with Crippen molar-refractivity contribution in [2.45, 2.75) is 19.4 Å². The fourth-order valence-corrected chi connectivity index (χ4v) is 2.43. The average molecular weight is 263 g/mol. The number of hydrogen-bond donors (Lipinski definition) is 1. The van der Waals surface area contributed by atoms with Crippen LogP contribution in [0.15, 0.2) is 41.8 Å². The molecule has 2 rings (SSSR count). The van der Waals surface area contributed by atoms with Crippen LogP contribution in [0, 0.1) is 5.82 Å². The van der Waals surface area contributed by atoms with Gasteiger partial charge >= 0.3 is 0 Å². The summed E-state index contributed by atoms with van der Waals surface area (Å²) in [5.41, 5.74) is 0.773. The second kappa shape index (κ2) is 5.78. The van der Waals surface area contributed by atoms with Gasteiger partial charge in [-0.15, -0.1) is 11.3 Å². The number of halogens is 1. The van der Waals surface area contributed by atoms with Crippen molar-refractivity contribution in [2.24, 2.45) is 0 Å². The van der Waals surface area contributed by atoms with Gasteiger partial charge in [0.2, 0.25) is 5.91 Å². The zero-order valence-electron chi connectivity index (χ0n) is 10.0. The van der Waals surface area contributed by atoms with E-state index in [0.717, 1.165) is 10.4 Å². The fraction of sp³-hybridized carbons (Fsp3) is 0.214. The van der Waals surface area contributed by atoms with Crippen molar-refractivity contribution in [3.8, 4) is 0 Å². The molecule has 0 aliphatic heterocycles. The van der Waals surface area contributed by atoms with Gasteiger partial charge in [0.05, 0.1) is 12.5 Å². The molecule has 0 unspecified atom stereocenters. The predicted octanol–water partition coefficient (Wildman–Crippen LogP) is 3.31. The first-order valence-electron chi connectivity index (χ1n) is 5.72. The molecule has 0 aliphatic rings. The molecular weight excluding hydrogens is 249 g/mol. The molecule has 1 heterocycles. The van der Waals surface area contributed by atoms with Crippen molar-refractivity contribution in [2.75, 3.05) is 0 Å². The van der Waals surface area contributed by atoms with E-state index in [4.69, 9.17) is 0 Å². The first kappa shape index (κ1) is 12.8. The van der Waals surface area contributed by atoms with Crippen LogP contribution in [0.2, 0.25) is 0 Å². The molecular formula is C14H14FNOS. The van der Waals surface area contributed by atoms with Crippen LogP contribution in [0.25, 0.3) is 0 Å². The number of thiophene rings is 1. The Hall–Kier alpha value is -1.68. The fourth-order valence-electron chi connectivity index (χ4n) is 1.72. The van der Waals surface area contributed by atoms with Gasteiger partial charge in [-0.05, 0) is 36.1 Å². The summed E-state index contributed by atoms with van der Waals surface area (Å²) in [7, 11) is 0. The Bertz CT molecular complexity index is 524. The van der Waals surface area contributed by atoms with Crippen LogP contribution < -0.4 is 5.32 Å². The van der Waals surface area contributed by atoms with Gasteiger partial charge in [-0.2, -0.15) is 0 Å². The SMILES string of the molecule is C[C@H](NC(=O)Cc1cccs1)c1cccc(F)c1. The molecule has 4 heteroatoms. The molecule has 1 aromatic heterocycles. The van der Waals surface area contributed by atoms with Gasteiger partial charge in [0.15, 0.2) is 0 Å². The highest BCUT2D eigenvalue weighted by molar-refractivity contribution is 7.10. The van der Waals surface area contributed by atoms with Crippen LogP contribution in [0.1, 0.15) is 23.4 Å². The molecule has 1 amide bonds. The van der Waals surface area contributed by atoms with E-state index in [1.165, 1.54) is 12.1 Å².